The van der Waals surface area contributed by atoms with E-state index in [1.165, 1.54) is 0 Å². The van der Waals surface area contributed by atoms with Gasteiger partial charge >= 0.3 is 12.3 Å². The van der Waals surface area contributed by atoms with Crippen LogP contribution in [0.15, 0.2) is 30.3 Å². The van der Waals surface area contributed by atoms with Crippen molar-refractivity contribution in [1.82, 2.24) is 0 Å². The van der Waals surface area contributed by atoms with Crippen LogP contribution in [0.1, 0.15) is 11.7 Å². The predicted octanol–water partition coefficient (Wildman–Crippen LogP) is 2.12. The summed E-state index contributed by atoms with van der Waals surface area (Å²) in [7, 11) is 0. The molecular formula is C10H10O6. The number of hydrogen-bond acceptors (Lipinski definition) is 4. The minimum Gasteiger partial charge on any atom is -0.450 e. The molecule has 0 fully saturated rings. The van der Waals surface area contributed by atoms with Gasteiger partial charge in [0, 0.05) is 0 Å². The van der Waals surface area contributed by atoms with Gasteiger partial charge in [-0.1, -0.05) is 30.3 Å². The van der Waals surface area contributed by atoms with E-state index >= 15 is 0 Å². The molecule has 0 aliphatic heterocycles. The molecule has 16 heavy (non-hydrogen) atoms. The summed E-state index contributed by atoms with van der Waals surface area (Å²) >= 11 is 0. The topological polar surface area (TPSA) is 93.1 Å². The molecule has 1 atom stereocenters. The van der Waals surface area contributed by atoms with Crippen LogP contribution in [0.2, 0.25) is 0 Å². The molecule has 6 heteroatoms. The lowest BCUT2D eigenvalue weighted by Crippen LogP contribution is -2.17. The fourth-order valence-corrected chi connectivity index (χ4v) is 1.13. The third kappa shape index (κ3) is 3.87. The van der Waals surface area contributed by atoms with Crippen molar-refractivity contribution in [2.24, 2.45) is 0 Å². The molecule has 0 saturated heterocycles. The molecule has 0 aliphatic rings. The molecule has 0 heterocycles. The zero-order valence-corrected chi connectivity index (χ0v) is 8.20. The van der Waals surface area contributed by atoms with Gasteiger partial charge in [0.15, 0.2) is 6.10 Å². The monoisotopic (exact) mass is 226 g/mol. The average molecular weight is 226 g/mol. The van der Waals surface area contributed by atoms with Crippen molar-refractivity contribution in [3.63, 3.8) is 0 Å². The fourth-order valence-electron chi connectivity index (χ4n) is 1.13. The number of rotatable bonds is 4. The molecule has 1 aromatic carbocycles. The minimum absolute atomic E-state index is 0.369. The molecule has 0 aliphatic carbocycles. The summed E-state index contributed by atoms with van der Waals surface area (Å²) in [6.07, 6.45) is -3.91. The number of ether oxygens (including phenoxy) is 2. The highest BCUT2D eigenvalue weighted by Gasteiger charge is 2.17. The van der Waals surface area contributed by atoms with Crippen LogP contribution in [0.3, 0.4) is 0 Å². The summed E-state index contributed by atoms with van der Waals surface area (Å²) in [5, 5.41) is 16.8. The van der Waals surface area contributed by atoms with E-state index in [0.29, 0.717) is 5.56 Å². The van der Waals surface area contributed by atoms with Gasteiger partial charge in [0.25, 0.3) is 0 Å². The first-order valence-corrected chi connectivity index (χ1v) is 4.40. The summed E-state index contributed by atoms with van der Waals surface area (Å²) in [5.74, 6) is 0. The number of benzene rings is 1. The lowest BCUT2D eigenvalue weighted by molar-refractivity contribution is 0.00402. The molecule has 6 nitrogen and oxygen atoms in total. The Bertz CT molecular complexity index is 361. The van der Waals surface area contributed by atoms with Crippen LogP contribution in [0, 0.1) is 0 Å². The maximum atomic E-state index is 10.4. The van der Waals surface area contributed by atoms with Crippen LogP contribution in [0.25, 0.3) is 0 Å². The van der Waals surface area contributed by atoms with Crippen LogP contribution in [-0.4, -0.2) is 29.1 Å². The molecule has 1 rings (SSSR count). The molecule has 86 valence electrons. The molecule has 0 aromatic heterocycles. The summed E-state index contributed by atoms with van der Waals surface area (Å²) in [6.45, 7) is -0.369. The fraction of sp³-hybridized carbons (Fsp3) is 0.200. The second-order valence-electron chi connectivity index (χ2n) is 2.86. The summed E-state index contributed by atoms with van der Waals surface area (Å²) in [6, 6.07) is 8.37. The van der Waals surface area contributed by atoms with Gasteiger partial charge in [-0.25, -0.2) is 9.59 Å². The summed E-state index contributed by atoms with van der Waals surface area (Å²) in [4.78, 5) is 20.6. The Labute approximate surface area is 91.0 Å². The highest BCUT2D eigenvalue weighted by Crippen LogP contribution is 2.17. The molecule has 1 unspecified atom stereocenters. The van der Waals surface area contributed by atoms with Gasteiger partial charge in [-0.05, 0) is 5.56 Å². The highest BCUT2D eigenvalue weighted by atomic mass is 16.7. The van der Waals surface area contributed by atoms with Crippen LogP contribution in [0.5, 0.6) is 0 Å². The number of carbonyl (C=O) groups is 2. The van der Waals surface area contributed by atoms with Crippen LogP contribution in [0.4, 0.5) is 9.59 Å². The summed E-state index contributed by atoms with van der Waals surface area (Å²) in [5.41, 5.74) is 0.533. The molecule has 2 N–H and O–H groups in total. The quantitative estimate of drug-likeness (QED) is 0.763. The largest absolute Gasteiger partial charge is 0.506 e. The van der Waals surface area contributed by atoms with Gasteiger partial charge in [-0.2, -0.15) is 0 Å². The first-order valence-electron chi connectivity index (χ1n) is 4.40. The Balaban J connectivity index is 2.71. The van der Waals surface area contributed by atoms with Crippen LogP contribution < -0.4 is 0 Å². The molecule has 0 spiro atoms. The van der Waals surface area contributed by atoms with Crippen LogP contribution in [-0.2, 0) is 9.47 Å². The SMILES string of the molecule is O=C(O)OCC(OC(=O)O)c1ccccc1. The van der Waals surface area contributed by atoms with E-state index in [-0.39, 0.29) is 6.61 Å². The maximum Gasteiger partial charge on any atom is 0.506 e. The Morgan fingerprint density at radius 2 is 1.75 bits per heavy atom. The average Bonchev–Trinajstić information content (AvgIpc) is 2.25. The third-order valence-electron chi connectivity index (χ3n) is 1.77. The second kappa shape index (κ2) is 5.59. The second-order valence-corrected chi connectivity index (χ2v) is 2.86. The number of hydrogen-bond donors (Lipinski definition) is 2. The number of carboxylic acid groups (broad SMARTS) is 2. The van der Waals surface area contributed by atoms with Gasteiger partial charge in [0.05, 0.1) is 0 Å². The van der Waals surface area contributed by atoms with Gasteiger partial charge in [0.1, 0.15) is 6.61 Å². The first kappa shape index (κ1) is 11.8. The van der Waals surface area contributed by atoms with E-state index in [4.69, 9.17) is 10.2 Å². The van der Waals surface area contributed by atoms with Crippen molar-refractivity contribution in [1.29, 1.82) is 0 Å². The smallest absolute Gasteiger partial charge is 0.450 e. The van der Waals surface area contributed by atoms with Gasteiger partial charge in [0.2, 0.25) is 0 Å². The normalized spacial score (nSPS) is 11.5. The molecule has 0 saturated carbocycles. The molecule has 1 aromatic rings. The Hall–Kier alpha value is -2.24. The zero-order chi connectivity index (χ0) is 12.0. The van der Waals surface area contributed by atoms with E-state index in [1.54, 1.807) is 30.3 Å². The van der Waals surface area contributed by atoms with Gasteiger partial charge < -0.3 is 19.7 Å². The van der Waals surface area contributed by atoms with Crippen molar-refractivity contribution in [3.8, 4) is 0 Å². The van der Waals surface area contributed by atoms with E-state index in [9.17, 15) is 9.59 Å². The Kier molecular flexibility index (Phi) is 4.14. The zero-order valence-electron chi connectivity index (χ0n) is 8.20. The predicted molar refractivity (Wildman–Crippen MR) is 52.3 cm³/mol. The van der Waals surface area contributed by atoms with E-state index in [1.807, 2.05) is 0 Å². The van der Waals surface area contributed by atoms with Gasteiger partial charge in [-0.15, -0.1) is 0 Å². The summed E-state index contributed by atoms with van der Waals surface area (Å²) < 4.78 is 8.80. The first-order chi connectivity index (χ1) is 7.59. The van der Waals surface area contributed by atoms with E-state index in [0.717, 1.165) is 0 Å². The van der Waals surface area contributed by atoms with Crippen LogP contribution >= 0.6 is 0 Å². The highest BCUT2D eigenvalue weighted by molar-refractivity contribution is 5.58. The minimum atomic E-state index is -1.48. The van der Waals surface area contributed by atoms with E-state index < -0.39 is 18.4 Å². The molecular weight excluding hydrogens is 216 g/mol. The van der Waals surface area contributed by atoms with Crippen molar-refractivity contribution in [3.05, 3.63) is 35.9 Å². The van der Waals surface area contributed by atoms with Crippen molar-refractivity contribution >= 4 is 12.3 Å². The van der Waals surface area contributed by atoms with E-state index in [2.05, 4.69) is 9.47 Å². The Morgan fingerprint density at radius 1 is 1.12 bits per heavy atom. The maximum absolute atomic E-state index is 10.4. The molecule has 0 amide bonds. The molecule has 0 radical (unpaired) electrons. The lowest BCUT2D eigenvalue weighted by atomic mass is 10.1. The molecule has 0 bridgehead atoms. The van der Waals surface area contributed by atoms with Crippen molar-refractivity contribution < 1.29 is 29.3 Å². The standard InChI is InChI=1S/C10H10O6/c11-9(12)15-6-8(16-10(13)14)7-4-2-1-3-5-7/h1-5,8H,6H2,(H,11,12)(H,13,14). The van der Waals surface area contributed by atoms with Crippen molar-refractivity contribution in [2.75, 3.05) is 6.61 Å². The third-order valence-corrected chi connectivity index (χ3v) is 1.77. The Morgan fingerprint density at radius 3 is 2.25 bits per heavy atom. The van der Waals surface area contributed by atoms with Crippen molar-refractivity contribution in [2.45, 2.75) is 6.10 Å². The van der Waals surface area contributed by atoms with Gasteiger partial charge in [-0.3, -0.25) is 0 Å². The lowest BCUT2D eigenvalue weighted by Gasteiger charge is -2.15.